The van der Waals surface area contributed by atoms with Crippen LogP contribution in [0.4, 0.5) is 0 Å². The van der Waals surface area contributed by atoms with Gasteiger partial charge in [0.1, 0.15) is 0 Å². The number of nitrogens with zero attached hydrogens (tertiary/aromatic N) is 2. The summed E-state index contributed by atoms with van der Waals surface area (Å²) >= 11 is 0. The summed E-state index contributed by atoms with van der Waals surface area (Å²) in [4.78, 5) is 59.8. The zero-order valence-electron chi connectivity index (χ0n) is 35.3. The molecule has 2 saturated carbocycles. The predicted octanol–water partition coefficient (Wildman–Crippen LogP) is 8.78. The van der Waals surface area contributed by atoms with E-state index < -0.39 is 0 Å². The second kappa shape index (κ2) is 21.6. The summed E-state index contributed by atoms with van der Waals surface area (Å²) in [5.74, 6) is -0.0717. The molecule has 10 nitrogen and oxygen atoms in total. The first-order valence-electron chi connectivity index (χ1n) is 21.4. The third-order valence-corrected chi connectivity index (χ3v) is 12.0. The van der Waals surface area contributed by atoms with Gasteiger partial charge in [-0.2, -0.15) is 0 Å². The van der Waals surface area contributed by atoms with Crippen LogP contribution < -0.4 is 0 Å². The number of imide groups is 2. The standard InChI is InChI=1S/C46H47N2O8.C5H5.Fe/c1-53-25-27-55-23-7-5-11-30(12-6-8-24-56-28-26-54-2)48-45(51)37-19-15-33-31-13-17-35-41-36(44(50)47(43(35)49)22-21-29-9-3-4-10-29)18-14-32(39(31)41)34-16-20-38(46(48)52)42(37)40(33)34;1-2-4-5-3-1;/h3-4,9-10,13-20,30H,5-8,11-12,21-28H2,1-2H3;1-5H;/q;;+2. The number of amides is 4. The smallest absolute Gasteiger partial charge is 0.382 e. The predicted molar refractivity (Wildman–Crippen MR) is 237 cm³/mol. The van der Waals surface area contributed by atoms with Gasteiger partial charge in [0.05, 0.1) is 26.4 Å². The van der Waals surface area contributed by atoms with Crippen LogP contribution in [0.3, 0.4) is 0 Å². The van der Waals surface area contributed by atoms with E-state index in [1.54, 1.807) is 14.2 Å². The number of benzene rings is 5. The second-order valence-corrected chi connectivity index (χ2v) is 15.7. The van der Waals surface area contributed by atoms with Gasteiger partial charge in [-0.25, -0.2) is 0 Å². The third-order valence-electron chi connectivity index (χ3n) is 12.0. The topological polar surface area (TPSA) is 112 Å². The van der Waals surface area contributed by atoms with E-state index in [1.165, 1.54) is 9.80 Å². The van der Waals surface area contributed by atoms with Crippen LogP contribution in [0.2, 0.25) is 0 Å². The number of ether oxygens (including phenoxy) is 4. The van der Waals surface area contributed by atoms with E-state index >= 15 is 0 Å². The summed E-state index contributed by atoms with van der Waals surface area (Å²) < 4.78 is 21.5. The van der Waals surface area contributed by atoms with Crippen molar-refractivity contribution in [1.82, 2.24) is 9.80 Å². The number of carbonyl (C=O) groups is 4. The number of rotatable bonds is 20. The Bertz CT molecular complexity index is 2220. The van der Waals surface area contributed by atoms with Gasteiger partial charge < -0.3 is 18.9 Å². The summed E-state index contributed by atoms with van der Waals surface area (Å²) in [6.07, 6.45) is 23.1. The first-order chi connectivity index (χ1) is 29.9. The van der Waals surface area contributed by atoms with Gasteiger partial charge in [0.25, 0.3) is 23.6 Å². The number of hydrogen-bond acceptors (Lipinski definition) is 8. The summed E-state index contributed by atoms with van der Waals surface area (Å²) in [5.41, 5.74) is 2.03. The Morgan fingerprint density at radius 2 is 0.871 bits per heavy atom. The Hall–Kier alpha value is -3.96. The molecule has 5 aromatic rings. The van der Waals surface area contributed by atoms with Crippen LogP contribution >= 0.6 is 0 Å². The molecule has 4 aliphatic rings. The maximum atomic E-state index is 14.5. The van der Waals surface area contributed by atoms with E-state index in [0.29, 0.717) is 98.5 Å². The van der Waals surface area contributed by atoms with E-state index in [9.17, 15) is 19.2 Å². The molecular weight excluding hydrogens is 824 g/mol. The molecule has 320 valence electrons. The Balaban J connectivity index is 0.000000900. The third kappa shape index (κ3) is 9.31. The van der Waals surface area contributed by atoms with Gasteiger partial charge in [-0.15, -0.1) is 0 Å². The molecule has 0 unspecified atom stereocenters. The number of hydrogen-bond donors (Lipinski definition) is 0. The first kappa shape index (κ1) is 46.0. The van der Waals surface area contributed by atoms with Gasteiger partial charge in [-0.05, 0) is 165 Å². The van der Waals surface area contributed by atoms with Crippen molar-refractivity contribution in [2.45, 2.75) is 51.0 Å². The SMILES string of the molecule is COCCOCCCCC(CCCCOCCOC)N1C(=O)c2ccc3c4ccc5c6c(ccc(c7ccc(c2c37)C1=O)c64)C(=O)N(CC[C]1[CH][CH][CH][CH]1)C5=O.[CH]1[CH][CH][CH][CH]1.[Fe+2]. The molecule has 11 heteroatoms. The van der Waals surface area contributed by atoms with Crippen LogP contribution in [0.5, 0.6) is 0 Å². The minimum atomic E-state index is -0.295. The Labute approximate surface area is 376 Å². The molecule has 2 fully saturated rings. The summed E-state index contributed by atoms with van der Waals surface area (Å²) in [7, 11) is 3.29. The fourth-order valence-corrected chi connectivity index (χ4v) is 9.07. The average Bonchev–Trinajstić information content (AvgIpc) is 4.05. The molecule has 0 aromatic heterocycles. The number of fused-ring (bicyclic) bond motifs is 2. The molecule has 62 heavy (non-hydrogen) atoms. The first-order valence-corrected chi connectivity index (χ1v) is 21.4. The molecule has 0 atom stereocenters. The van der Waals surface area contributed by atoms with E-state index in [0.717, 1.165) is 63.9 Å². The Morgan fingerprint density at radius 1 is 0.468 bits per heavy atom. The van der Waals surface area contributed by atoms with Crippen molar-refractivity contribution >= 4 is 66.7 Å². The summed E-state index contributed by atoms with van der Waals surface area (Å²) in [6.45, 7) is 3.62. The average molecular weight is 877 g/mol. The maximum absolute atomic E-state index is 14.5. The van der Waals surface area contributed by atoms with Gasteiger partial charge >= 0.3 is 17.1 Å². The largest absolute Gasteiger partial charge is 2.00 e. The molecule has 10 radical (unpaired) electrons. The molecule has 0 N–H and O–H groups in total. The monoisotopic (exact) mass is 876 g/mol. The van der Waals surface area contributed by atoms with E-state index in [1.807, 2.05) is 106 Å². The van der Waals surface area contributed by atoms with Gasteiger partial charge in [0.15, 0.2) is 0 Å². The molecule has 9 rings (SSSR count). The second-order valence-electron chi connectivity index (χ2n) is 15.7. The summed E-state index contributed by atoms with van der Waals surface area (Å²) in [5, 5.41) is 6.53. The Kier molecular flexibility index (Phi) is 16.1. The number of methoxy groups -OCH3 is 2. The van der Waals surface area contributed by atoms with Gasteiger partial charge in [-0.3, -0.25) is 29.0 Å². The van der Waals surface area contributed by atoms with Crippen molar-refractivity contribution in [3.05, 3.63) is 134 Å². The zero-order chi connectivity index (χ0) is 42.3. The van der Waals surface area contributed by atoms with Crippen molar-refractivity contribution in [3.63, 3.8) is 0 Å². The van der Waals surface area contributed by atoms with E-state index in [4.69, 9.17) is 18.9 Å². The van der Waals surface area contributed by atoms with Crippen molar-refractivity contribution < 1.29 is 55.2 Å². The van der Waals surface area contributed by atoms with Crippen LogP contribution in [0.15, 0.2) is 48.5 Å². The van der Waals surface area contributed by atoms with Crippen LogP contribution in [-0.4, -0.2) is 99.9 Å². The maximum Gasteiger partial charge on any atom is 2.00 e. The van der Waals surface area contributed by atoms with Gasteiger partial charge in [-0.1, -0.05) is 24.3 Å². The molecule has 0 saturated heterocycles. The molecule has 4 amide bonds. The van der Waals surface area contributed by atoms with Crippen molar-refractivity contribution in [3.8, 4) is 0 Å². The number of carbonyl (C=O) groups excluding carboxylic acids is 4. The van der Waals surface area contributed by atoms with Crippen molar-refractivity contribution in [2.75, 3.05) is 60.4 Å². The summed E-state index contributed by atoms with van der Waals surface area (Å²) in [6, 6.07) is 14.9. The number of unbranched alkanes of at least 4 members (excludes halogenated alkanes) is 2. The van der Waals surface area contributed by atoms with Gasteiger partial charge in [0, 0.05) is 73.0 Å². The quantitative estimate of drug-likeness (QED) is 0.0251. The molecule has 2 aliphatic heterocycles. The fraction of sp³-hybridized carbons (Fsp3) is 0.333. The Morgan fingerprint density at radius 3 is 1.27 bits per heavy atom. The van der Waals surface area contributed by atoms with Crippen LogP contribution in [0.1, 0.15) is 86.4 Å². The molecule has 0 spiro atoms. The minimum Gasteiger partial charge on any atom is -0.382 e. The van der Waals surface area contributed by atoms with Crippen molar-refractivity contribution in [2.24, 2.45) is 0 Å². The van der Waals surface area contributed by atoms with Gasteiger partial charge in [0.2, 0.25) is 0 Å². The van der Waals surface area contributed by atoms with E-state index in [-0.39, 0.29) is 46.7 Å². The molecule has 5 aromatic carbocycles. The molecule has 2 aliphatic carbocycles. The molecule has 2 heterocycles. The van der Waals surface area contributed by atoms with Crippen LogP contribution in [-0.2, 0) is 36.0 Å². The fourth-order valence-electron chi connectivity index (χ4n) is 9.07. The van der Waals surface area contributed by atoms with Crippen molar-refractivity contribution in [1.29, 1.82) is 0 Å². The molecule has 0 bridgehead atoms. The van der Waals surface area contributed by atoms with Crippen LogP contribution in [0, 0.1) is 63.7 Å². The molecular formula is C51H52FeN2O8+2. The van der Waals surface area contributed by atoms with Crippen LogP contribution in [0.25, 0.3) is 43.1 Å². The minimum absolute atomic E-state index is 0. The zero-order valence-corrected chi connectivity index (χ0v) is 36.4. The van der Waals surface area contributed by atoms with E-state index in [2.05, 4.69) is 0 Å². The normalized spacial score (nSPS) is 16.5.